The molecule has 0 aliphatic carbocycles. The topological polar surface area (TPSA) is 66.0 Å². The lowest BCUT2D eigenvalue weighted by Crippen LogP contribution is -2.27. The summed E-state index contributed by atoms with van der Waals surface area (Å²) in [4.78, 5) is 11.2. The average Bonchev–Trinajstić information content (AvgIpc) is 2.33. The third-order valence-corrected chi connectivity index (χ3v) is 1.88. The maximum atomic E-state index is 11.2. The number of carbonyl (C=O) groups excluding carboxylic acids is 1. The van der Waals surface area contributed by atoms with Crippen LogP contribution in [0.3, 0.4) is 0 Å². The van der Waals surface area contributed by atoms with Gasteiger partial charge in [0.2, 0.25) is 0 Å². The van der Waals surface area contributed by atoms with E-state index in [1.807, 2.05) is 0 Å². The molecule has 0 amide bonds. The van der Waals surface area contributed by atoms with Gasteiger partial charge in [0.15, 0.2) is 0 Å². The summed E-state index contributed by atoms with van der Waals surface area (Å²) in [6.07, 6.45) is 0.702. The Morgan fingerprint density at radius 1 is 1.00 bits per heavy atom. The highest BCUT2D eigenvalue weighted by Gasteiger charge is 2.01. The highest BCUT2D eigenvalue weighted by Crippen LogP contribution is 1.86. The van der Waals surface area contributed by atoms with Crippen LogP contribution in [0.4, 0.5) is 0 Å². The largest absolute Gasteiger partial charge is 0.465 e. The first-order valence-corrected chi connectivity index (χ1v) is 5.73. The van der Waals surface area contributed by atoms with Crippen LogP contribution in [0.5, 0.6) is 0 Å². The molecule has 0 saturated carbocycles. The van der Waals surface area contributed by atoms with Gasteiger partial charge in [-0.3, -0.25) is 4.79 Å². The summed E-state index contributed by atoms with van der Waals surface area (Å²) >= 11 is 0. The molecular weight excluding hydrogens is 226 g/mol. The van der Waals surface area contributed by atoms with Gasteiger partial charge in [0, 0.05) is 33.8 Å². The quantitative estimate of drug-likeness (QED) is 0.382. The van der Waals surface area contributed by atoms with Crippen molar-refractivity contribution in [2.75, 3.05) is 60.3 Å². The number of esters is 1. The van der Waals surface area contributed by atoms with Gasteiger partial charge in [-0.1, -0.05) is 0 Å². The number of ether oxygens (including phenoxy) is 4. The second-order valence-corrected chi connectivity index (χ2v) is 3.35. The molecule has 6 heteroatoms. The first kappa shape index (κ1) is 16.3. The van der Waals surface area contributed by atoms with Crippen LogP contribution in [0.2, 0.25) is 0 Å². The van der Waals surface area contributed by atoms with E-state index in [9.17, 15) is 4.79 Å². The fourth-order valence-electron chi connectivity index (χ4n) is 1.01. The monoisotopic (exact) mass is 249 g/mol. The van der Waals surface area contributed by atoms with Gasteiger partial charge in [-0.25, -0.2) is 0 Å². The van der Waals surface area contributed by atoms with E-state index in [0.717, 1.165) is 0 Å². The molecule has 0 heterocycles. The van der Waals surface area contributed by atoms with Crippen molar-refractivity contribution in [3.05, 3.63) is 0 Å². The van der Waals surface area contributed by atoms with Gasteiger partial charge in [-0.15, -0.1) is 0 Å². The number of hydrogen-bond donors (Lipinski definition) is 1. The predicted molar refractivity (Wildman–Crippen MR) is 63.0 cm³/mol. The fraction of sp³-hybridized carbons (Fsp3) is 0.909. The van der Waals surface area contributed by atoms with Crippen LogP contribution in [-0.2, 0) is 23.7 Å². The minimum Gasteiger partial charge on any atom is -0.465 e. The summed E-state index contributed by atoms with van der Waals surface area (Å²) < 4.78 is 19.8. The molecule has 0 bridgehead atoms. The van der Waals surface area contributed by atoms with Crippen LogP contribution in [0.15, 0.2) is 0 Å². The van der Waals surface area contributed by atoms with Gasteiger partial charge in [-0.2, -0.15) is 0 Å². The number of methoxy groups -OCH3 is 2. The van der Waals surface area contributed by atoms with E-state index in [1.54, 1.807) is 14.2 Å². The lowest BCUT2D eigenvalue weighted by molar-refractivity contribution is -0.143. The van der Waals surface area contributed by atoms with E-state index in [4.69, 9.17) is 18.9 Å². The Kier molecular flexibility index (Phi) is 12.8. The summed E-state index contributed by atoms with van der Waals surface area (Å²) in [5, 5.41) is 2.91. The van der Waals surface area contributed by atoms with Crippen LogP contribution in [0.25, 0.3) is 0 Å². The van der Waals surface area contributed by atoms with Gasteiger partial charge < -0.3 is 24.3 Å². The van der Waals surface area contributed by atoms with Gasteiger partial charge in [0.05, 0.1) is 33.0 Å². The summed E-state index contributed by atoms with van der Waals surface area (Å²) in [5.74, 6) is -0.252. The molecule has 0 aromatic carbocycles. The maximum absolute atomic E-state index is 11.2. The number of carbonyl (C=O) groups is 1. The third kappa shape index (κ3) is 13.2. The summed E-state index contributed by atoms with van der Waals surface area (Å²) in [6, 6.07) is 0. The molecule has 0 aliphatic heterocycles. The summed E-state index contributed by atoms with van der Waals surface area (Å²) in [7, 11) is 3.24. The van der Waals surface area contributed by atoms with Gasteiger partial charge >= 0.3 is 5.97 Å². The first-order chi connectivity index (χ1) is 8.31. The minimum absolute atomic E-state index is 0.216. The van der Waals surface area contributed by atoms with Crippen LogP contribution in [-0.4, -0.2) is 66.3 Å². The van der Waals surface area contributed by atoms with Crippen molar-refractivity contribution in [1.29, 1.82) is 0 Å². The second-order valence-electron chi connectivity index (χ2n) is 3.35. The molecule has 0 spiro atoms. The van der Waals surface area contributed by atoms with E-state index in [1.165, 1.54) is 0 Å². The Morgan fingerprint density at radius 2 is 1.76 bits per heavy atom. The van der Waals surface area contributed by atoms with E-state index in [0.29, 0.717) is 46.0 Å². The molecule has 0 saturated heterocycles. The second kappa shape index (κ2) is 13.4. The zero-order valence-electron chi connectivity index (χ0n) is 10.7. The smallest absolute Gasteiger partial charge is 0.319 e. The summed E-state index contributed by atoms with van der Waals surface area (Å²) in [5.41, 5.74) is 0. The molecule has 0 aromatic heterocycles. The van der Waals surface area contributed by atoms with Crippen molar-refractivity contribution in [3.63, 3.8) is 0 Å². The van der Waals surface area contributed by atoms with E-state index >= 15 is 0 Å². The predicted octanol–water partition coefficient (Wildman–Crippen LogP) is -0.181. The van der Waals surface area contributed by atoms with Crippen LogP contribution >= 0.6 is 0 Å². The Morgan fingerprint density at radius 3 is 2.47 bits per heavy atom. The van der Waals surface area contributed by atoms with Crippen molar-refractivity contribution in [1.82, 2.24) is 5.32 Å². The first-order valence-electron chi connectivity index (χ1n) is 5.73. The Labute approximate surface area is 103 Å². The van der Waals surface area contributed by atoms with Crippen LogP contribution in [0.1, 0.15) is 6.42 Å². The Hall–Kier alpha value is -0.690. The molecular formula is C11H23NO5. The Bertz CT molecular complexity index is 177. The standard InChI is InChI=1S/C11H23NO5/c1-14-7-4-12-10-11(13)17-6-3-5-16-9-8-15-2/h12H,3-10H2,1-2H3. The SMILES string of the molecule is COCCNCC(=O)OCCCOCCOC. The molecule has 17 heavy (non-hydrogen) atoms. The number of nitrogens with one attached hydrogen (secondary N) is 1. The molecule has 0 radical (unpaired) electrons. The highest BCUT2D eigenvalue weighted by molar-refractivity contribution is 5.71. The average molecular weight is 249 g/mol. The summed E-state index contributed by atoms with van der Waals surface area (Å²) in [6.45, 7) is 3.57. The van der Waals surface area contributed by atoms with Crippen molar-refractivity contribution in [3.8, 4) is 0 Å². The van der Waals surface area contributed by atoms with Gasteiger partial charge in [0.25, 0.3) is 0 Å². The molecule has 1 N–H and O–H groups in total. The molecule has 0 unspecified atom stereocenters. The van der Waals surface area contributed by atoms with Gasteiger partial charge in [-0.05, 0) is 0 Å². The lowest BCUT2D eigenvalue weighted by atomic mass is 10.5. The third-order valence-electron chi connectivity index (χ3n) is 1.88. The molecule has 102 valence electrons. The lowest BCUT2D eigenvalue weighted by Gasteiger charge is -2.06. The molecule has 6 nitrogen and oxygen atoms in total. The van der Waals surface area contributed by atoms with Crippen LogP contribution < -0.4 is 5.32 Å². The van der Waals surface area contributed by atoms with E-state index in [-0.39, 0.29) is 12.5 Å². The normalized spacial score (nSPS) is 10.5. The molecule has 0 rings (SSSR count). The van der Waals surface area contributed by atoms with Crippen molar-refractivity contribution in [2.45, 2.75) is 6.42 Å². The van der Waals surface area contributed by atoms with Gasteiger partial charge in [0.1, 0.15) is 0 Å². The highest BCUT2D eigenvalue weighted by atomic mass is 16.5. The number of rotatable bonds is 12. The fourth-order valence-corrected chi connectivity index (χ4v) is 1.01. The molecule has 0 aliphatic rings. The Balaban J connectivity index is 3.11. The van der Waals surface area contributed by atoms with Crippen molar-refractivity contribution in [2.24, 2.45) is 0 Å². The maximum Gasteiger partial charge on any atom is 0.319 e. The minimum atomic E-state index is -0.252. The number of hydrogen-bond acceptors (Lipinski definition) is 6. The van der Waals surface area contributed by atoms with Crippen LogP contribution in [0, 0.1) is 0 Å². The zero-order chi connectivity index (χ0) is 12.8. The molecule has 0 aromatic rings. The van der Waals surface area contributed by atoms with E-state index < -0.39 is 0 Å². The molecule has 0 atom stereocenters. The van der Waals surface area contributed by atoms with Crippen molar-refractivity contribution < 1.29 is 23.7 Å². The zero-order valence-corrected chi connectivity index (χ0v) is 10.7. The molecule has 0 fully saturated rings. The van der Waals surface area contributed by atoms with Crippen molar-refractivity contribution >= 4 is 5.97 Å². The van der Waals surface area contributed by atoms with E-state index in [2.05, 4.69) is 5.32 Å².